The van der Waals surface area contributed by atoms with Gasteiger partial charge in [0.15, 0.2) is 0 Å². The third-order valence-electron chi connectivity index (χ3n) is 7.71. The van der Waals surface area contributed by atoms with E-state index in [0.717, 1.165) is 93.8 Å². The van der Waals surface area contributed by atoms with E-state index in [-0.39, 0.29) is 11.3 Å². The summed E-state index contributed by atoms with van der Waals surface area (Å²) in [6, 6.07) is 10.3. The summed E-state index contributed by atoms with van der Waals surface area (Å²) in [5.74, 6) is 1.05. The van der Waals surface area contributed by atoms with Crippen LogP contribution in [0.4, 0.5) is 11.5 Å². The van der Waals surface area contributed by atoms with Gasteiger partial charge in [-0.05, 0) is 49.7 Å². The maximum absolute atomic E-state index is 13.1. The summed E-state index contributed by atoms with van der Waals surface area (Å²) in [5, 5.41) is 7.59. The fraction of sp³-hybridized carbons (Fsp3) is 0.538. The van der Waals surface area contributed by atoms with Crippen molar-refractivity contribution in [2.75, 3.05) is 75.7 Å². The Morgan fingerprint density at radius 2 is 1.91 bits per heavy atom. The quantitative estimate of drug-likeness (QED) is 0.632. The largest absolute Gasteiger partial charge is 0.369 e. The molecule has 0 aliphatic carbocycles. The molecule has 1 atom stereocenters. The summed E-state index contributed by atoms with van der Waals surface area (Å²) in [6.45, 7) is 11.6. The van der Waals surface area contributed by atoms with Gasteiger partial charge in [-0.25, -0.2) is 4.98 Å². The maximum Gasteiger partial charge on any atom is 0.241 e. The second kappa shape index (κ2) is 10.2. The highest BCUT2D eigenvalue weighted by atomic mass is 35.5. The minimum absolute atomic E-state index is 0.181. The zero-order valence-corrected chi connectivity index (χ0v) is 20.8. The molecule has 182 valence electrons. The van der Waals surface area contributed by atoms with Crippen molar-refractivity contribution in [3.05, 3.63) is 52.7 Å². The SMILES string of the molecule is CCC1(c2cccc(N3CCN(CCCN4CCNCC4)CC3=O)c2)CNc2nccc(Cl)c21. The van der Waals surface area contributed by atoms with Crippen LogP contribution in [0.5, 0.6) is 0 Å². The highest BCUT2D eigenvalue weighted by Crippen LogP contribution is 2.47. The number of hydrogen-bond acceptors (Lipinski definition) is 6. The minimum Gasteiger partial charge on any atom is -0.369 e. The van der Waals surface area contributed by atoms with Crippen LogP contribution in [0.1, 0.15) is 30.9 Å². The first-order valence-electron chi connectivity index (χ1n) is 12.6. The molecular formula is C26H35ClN6O. The molecule has 2 N–H and O–H groups in total. The summed E-state index contributed by atoms with van der Waals surface area (Å²) in [4.78, 5) is 24.4. The molecule has 7 nitrogen and oxygen atoms in total. The van der Waals surface area contributed by atoms with Crippen molar-refractivity contribution < 1.29 is 4.79 Å². The van der Waals surface area contributed by atoms with E-state index in [1.165, 1.54) is 5.56 Å². The molecule has 1 unspecified atom stereocenters. The van der Waals surface area contributed by atoms with Gasteiger partial charge in [0.2, 0.25) is 5.91 Å². The van der Waals surface area contributed by atoms with Crippen molar-refractivity contribution in [1.82, 2.24) is 20.1 Å². The number of hydrogen-bond donors (Lipinski definition) is 2. The van der Waals surface area contributed by atoms with Crippen LogP contribution in [-0.4, -0.2) is 86.1 Å². The number of fused-ring (bicyclic) bond motifs is 1. The highest BCUT2D eigenvalue weighted by molar-refractivity contribution is 6.32. The molecule has 0 spiro atoms. The van der Waals surface area contributed by atoms with Crippen LogP contribution >= 0.6 is 11.6 Å². The van der Waals surface area contributed by atoms with E-state index >= 15 is 0 Å². The van der Waals surface area contributed by atoms with E-state index in [1.807, 2.05) is 11.0 Å². The normalized spacial score (nSPS) is 23.7. The number of piperazine rings is 2. The highest BCUT2D eigenvalue weighted by Gasteiger charge is 2.42. The van der Waals surface area contributed by atoms with Crippen LogP contribution < -0.4 is 15.5 Å². The Morgan fingerprint density at radius 3 is 2.71 bits per heavy atom. The molecule has 2 aromatic rings. The van der Waals surface area contributed by atoms with Gasteiger partial charge in [-0.3, -0.25) is 9.69 Å². The first-order valence-corrected chi connectivity index (χ1v) is 12.9. The number of benzene rings is 1. The molecule has 0 saturated carbocycles. The Morgan fingerprint density at radius 1 is 1.09 bits per heavy atom. The predicted molar refractivity (Wildman–Crippen MR) is 138 cm³/mol. The monoisotopic (exact) mass is 482 g/mol. The lowest BCUT2D eigenvalue weighted by molar-refractivity contribution is -0.121. The van der Waals surface area contributed by atoms with Gasteiger partial charge in [0.25, 0.3) is 0 Å². The van der Waals surface area contributed by atoms with Crippen molar-refractivity contribution in [3.63, 3.8) is 0 Å². The smallest absolute Gasteiger partial charge is 0.241 e. The molecule has 4 heterocycles. The Balaban J connectivity index is 1.26. The zero-order chi connectivity index (χ0) is 23.5. The van der Waals surface area contributed by atoms with Crippen molar-refractivity contribution in [1.29, 1.82) is 0 Å². The van der Waals surface area contributed by atoms with Gasteiger partial charge in [-0.15, -0.1) is 0 Å². The third-order valence-corrected chi connectivity index (χ3v) is 8.02. The number of amides is 1. The molecule has 5 rings (SSSR count). The van der Waals surface area contributed by atoms with E-state index in [1.54, 1.807) is 6.20 Å². The number of rotatable bonds is 7. The van der Waals surface area contributed by atoms with Crippen LogP contribution in [0.25, 0.3) is 0 Å². The molecule has 3 aliphatic heterocycles. The molecule has 1 amide bonds. The van der Waals surface area contributed by atoms with Gasteiger partial charge in [0.1, 0.15) is 5.82 Å². The fourth-order valence-corrected chi connectivity index (χ4v) is 6.04. The lowest BCUT2D eigenvalue weighted by Crippen LogP contribution is -2.51. The standard InChI is InChI=1S/C26H35ClN6O/c1-2-26(19-30-25-24(26)22(27)7-8-29-25)20-5-3-6-21(17-20)33-16-15-32(18-23(33)34)12-4-11-31-13-9-28-10-14-31/h3,5-8,17,28H,2,4,9-16,18-19H2,1H3,(H,29,30). The molecule has 2 saturated heterocycles. The first kappa shape index (κ1) is 23.5. The van der Waals surface area contributed by atoms with Gasteiger partial charge < -0.3 is 20.4 Å². The number of anilines is 2. The van der Waals surface area contributed by atoms with Crippen molar-refractivity contribution in [2.24, 2.45) is 0 Å². The van der Waals surface area contributed by atoms with E-state index in [9.17, 15) is 4.79 Å². The van der Waals surface area contributed by atoms with E-state index in [4.69, 9.17) is 11.6 Å². The average Bonchev–Trinajstić information content (AvgIpc) is 3.26. The number of nitrogens with one attached hydrogen (secondary N) is 2. The lowest BCUT2D eigenvalue weighted by atomic mass is 9.74. The molecule has 2 fully saturated rings. The minimum atomic E-state index is -0.245. The van der Waals surface area contributed by atoms with Crippen LogP contribution in [0.2, 0.25) is 5.02 Å². The van der Waals surface area contributed by atoms with Crippen molar-refractivity contribution in [3.8, 4) is 0 Å². The maximum atomic E-state index is 13.1. The van der Waals surface area contributed by atoms with Crippen LogP contribution in [0.15, 0.2) is 36.5 Å². The van der Waals surface area contributed by atoms with E-state index in [0.29, 0.717) is 6.54 Å². The summed E-state index contributed by atoms with van der Waals surface area (Å²) in [7, 11) is 0. The van der Waals surface area contributed by atoms with E-state index < -0.39 is 0 Å². The second-order valence-corrected chi connectivity index (χ2v) is 10.0. The molecule has 1 aromatic heterocycles. The number of halogens is 1. The van der Waals surface area contributed by atoms with Gasteiger partial charge >= 0.3 is 0 Å². The van der Waals surface area contributed by atoms with E-state index in [2.05, 4.69) is 56.6 Å². The Bertz CT molecular complexity index is 1030. The second-order valence-electron chi connectivity index (χ2n) is 9.62. The summed E-state index contributed by atoms with van der Waals surface area (Å²) in [5.41, 5.74) is 2.98. The zero-order valence-electron chi connectivity index (χ0n) is 20.0. The molecule has 8 heteroatoms. The van der Waals surface area contributed by atoms with Gasteiger partial charge in [0.05, 0.1) is 6.54 Å². The number of carbonyl (C=O) groups excluding carboxylic acids is 1. The van der Waals surface area contributed by atoms with Gasteiger partial charge in [-0.1, -0.05) is 30.7 Å². The number of nitrogens with zero attached hydrogens (tertiary/aromatic N) is 4. The fourth-order valence-electron chi connectivity index (χ4n) is 5.71. The Hall–Kier alpha value is -2.19. The first-order chi connectivity index (χ1) is 16.6. The van der Waals surface area contributed by atoms with Crippen molar-refractivity contribution >= 4 is 29.0 Å². The number of pyridine rings is 1. The molecule has 0 radical (unpaired) electrons. The molecule has 34 heavy (non-hydrogen) atoms. The van der Waals surface area contributed by atoms with Crippen LogP contribution in [0.3, 0.4) is 0 Å². The lowest BCUT2D eigenvalue weighted by Gasteiger charge is -2.36. The predicted octanol–water partition coefficient (Wildman–Crippen LogP) is 2.80. The Labute approximate surface area is 207 Å². The molecule has 0 bridgehead atoms. The van der Waals surface area contributed by atoms with Crippen molar-refractivity contribution in [2.45, 2.75) is 25.2 Å². The molecule has 1 aromatic carbocycles. The number of aromatic nitrogens is 1. The van der Waals surface area contributed by atoms with Crippen LogP contribution in [0, 0.1) is 0 Å². The average molecular weight is 483 g/mol. The third kappa shape index (κ3) is 4.54. The topological polar surface area (TPSA) is 63.7 Å². The molecule has 3 aliphatic rings. The summed E-state index contributed by atoms with van der Waals surface area (Å²) in [6.07, 6.45) is 3.76. The Kier molecular flexibility index (Phi) is 7.06. The molecular weight excluding hydrogens is 448 g/mol. The summed E-state index contributed by atoms with van der Waals surface area (Å²) < 4.78 is 0. The van der Waals surface area contributed by atoms with Crippen LogP contribution in [-0.2, 0) is 10.2 Å². The summed E-state index contributed by atoms with van der Waals surface area (Å²) >= 11 is 6.65. The van der Waals surface area contributed by atoms with Gasteiger partial charge in [-0.2, -0.15) is 0 Å². The van der Waals surface area contributed by atoms with Gasteiger partial charge in [0, 0.05) is 73.7 Å². The number of carbonyl (C=O) groups is 1.